The Morgan fingerprint density at radius 1 is 1.22 bits per heavy atom. The Bertz CT molecular complexity index is 746. The van der Waals surface area contributed by atoms with Gasteiger partial charge in [0.1, 0.15) is 0 Å². The number of carbonyl (C=O) groups is 2. The zero-order valence-electron chi connectivity index (χ0n) is 15.9. The van der Waals surface area contributed by atoms with Gasteiger partial charge in [0.25, 0.3) is 5.91 Å². The summed E-state index contributed by atoms with van der Waals surface area (Å²) >= 11 is 0. The van der Waals surface area contributed by atoms with Crippen LogP contribution in [0, 0.1) is 6.92 Å². The van der Waals surface area contributed by atoms with E-state index in [0.29, 0.717) is 6.54 Å². The lowest BCUT2D eigenvalue weighted by Gasteiger charge is -2.35. The second-order valence-corrected chi connectivity index (χ2v) is 8.53. The SMILES string of the molecule is CC[C@H]1CCCCN1C(=O)COC(=O)CCNS(=O)(=O)c1ccc(C)cc1. The van der Waals surface area contributed by atoms with E-state index in [-0.39, 0.29) is 36.4 Å². The summed E-state index contributed by atoms with van der Waals surface area (Å²) in [6, 6.07) is 6.65. The van der Waals surface area contributed by atoms with Gasteiger partial charge in [0.05, 0.1) is 11.3 Å². The molecular weight excluding hydrogens is 368 g/mol. The molecule has 0 unspecified atom stereocenters. The molecule has 7 nitrogen and oxygen atoms in total. The van der Waals surface area contributed by atoms with Gasteiger partial charge in [-0.2, -0.15) is 0 Å². The van der Waals surface area contributed by atoms with E-state index in [4.69, 9.17) is 4.74 Å². The highest BCUT2D eigenvalue weighted by atomic mass is 32.2. The Labute approximate surface area is 161 Å². The summed E-state index contributed by atoms with van der Waals surface area (Å²) in [5.41, 5.74) is 0.959. The van der Waals surface area contributed by atoms with Crippen molar-refractivity contribution in [3.05, 3.63) is 29.8 Å². The summed E-state index contributed by atoms with van der Waals surface area (Å²) in [7, 11) is -3.66. The van der Waals surface area contributed by atoms with Crippen LogP contribution in [0.5, 0.6) is 0 Å². The van der Waals surface area contributed by atoms with Gasteiger partial charge in [0.15, 0.2) is 6.61 Å². The fourth-order valence-corrected chi connectivity index (χ4v) is 4.17. The minimum Gasteiger partial charge on any atom is -0.456 e. The van der Waals surface area contributed by atoms with Crippen LogP contribution < -0.4 is 4.72 Å². The Kier molecular flexibility index (Phi) is 7.79. The van der Waals surface area contributed by atoms with Gasteiger partial charge in [-0.15, -0.1) is 0 Å². The van der Waals surface area contributed by atoms with Crippen molar-refractivity contribution in [3.63, 3.8) is 0 Å². The smallest absolute Gasteiger partial charge is 0.307 e. The lowest BCUT2D eigenvalue weighted by atomic mass is 10.00. The molecule has 0 spiro atoms. The minimum atomic E-state index is -3.66. The number of sulfonamides is 1. The number of benzene rings is 1. The van der Waals surface area contributed by atoms with Gasteiger partial charge in [0, 0.05) is 19.1 Å². The molecule has 1 aliphatic heterocycles. The number of amides is 1. The van der Waals surface area contributed by atoms with E-state index >= 15 is 0 Å². The van der Waals surface area contributed by atoms with Gasteiger partial charge < -0.3 is 9.64 Å². The molecular formula is C19H28N2O5S. The molecule has 150 valence electrons. The lowest BCUT2D eigenvalue weighted by Crippen LogP contribution is -2.45. The molecule has 0 radical (unpaired) electrons. The summed E-state index contributed by atoms with van der Waals surface area (Å²) in [5.74, 6) is -0.782. The van der Waals surface area contributed by atoms with Crippen LogP contribution in [-0.4, -0.2) is 50.9 Å². The molecule has 0 saturated carbocycles. The van der Waals surface area contributed by atoms with Gasteiger partial charge in [-0.3, -0.25) is 9.59 Å². The molecule has 1 amide bonds. The predicted octanol–water partition coefficient (Wildman–Crippen LogP) is 2.00. The summed E-state index contributed by atoms with van der Waals surface area (Å²) in [6.45, 7) is 4.24. The first kappa shape index (κ1) is 21.4. The van der Waals surface area contributed by atoms with E-state index in [1.807, 2.05) is 13.8 Å². The molecule has 1 aliphatic rings. The van der Waals surface area contributed by atoms with Gasteiger partial charge in [-0.05, 0) is 44.7 Å². The molecule has 1 aromatic carbocycles. The van der Waals surface area contributed by atoms with E-state index < -0.39 is 16.0 Å². The van der Waals surface area contributed by atoms with Gasteiger partial charge in [-0.25, -0.2) is 13.1 Å². The number of hydrogen-bond acceptors (Lipinski definition) is 5. The van der Waals surface area contributed by atoms with Crippen molar-refractivity contribution in [2.75, 3.05) is 19.7 Å². The second-order valence-electron chi connectivity index (χ2n) is 6.77. The van der Waals surface area contributed by atoms with Crippen LogP contribution in [0.25, 0.3) is 0 Å². The average Bonchev–Trinajstić information content (AvgIpc) is 2.66. The van der Waals surface area contributed by atoms with Crippen molar-refractivity contribution in [2.45, 2.75) is 56.9 Å². The quantitative estimate of drug-likeness (QED) is 0.679. The molecule has 0 aromatic heterocycles. The second kappa shape index (κ2) is 9.85. The molecule has 1 aromatic rings. The highest BCUT2D eigenvalue weighted by Gasteiger charge is 2.25. The van der Waals surface area contributed by atoms with E-state index in [2.05, 4.69) is 4.72 Å². The van der Waals surface area contributed by atoms with E-state index in [1.165, 1.54) is 12.1 Å². The number of rotatable bonds is 8. The van der Waals surface area contributed by atoms with Crippen LogP contribution >= 0.6 is 0 Å². The van der Waals surface area contributed by atoms with Gasteiger partial charge in [0.2, 0.25) is 10.0 Å². The van der Waals surface area contributed by atoms with Crippen LogP contribution in [0.2, 0.25) is 0 Å². The molecule has 1 heterocycles. The highest BCUT2D eigenvalue weighted by Crippen LogP contribution is 2.19. The number of aryl methyl sites for hydroxylation is 1. The maximum absolute atomic E-state index is 12.3. The number of hydrogen-bond donors (Lipinski definition) is 1. The lowest BCUT2D eigenvalue weighted by molar-refractivity contribution is -0.153. The van der Waals surface area contributed by atoms with Crippen molar-refractivity contribution in [2.24, 2.45) is 0 Å². The number of ether oxygens (including phenoxy) is 1. The summed E-state index contributed by atoms with van der Waals surface area (Å²) in [4.78, 5) is 26.0. The van der Waals surface area contributed by atoms with Crippen molar-refractivity contribution in [1.82, 2.24) is 9.62 Å². The number of carbonyl (C=O) groups excluding carboxylic acids is 2. The van der Waals surface area contributed by atoms with Crippen molar-refractivity contribution in [1.29, 1.82) is 0 Å². The number of nitrogens with one attached hydrogen (secondary N) is 1. The van der Waals surface area contributed by atoms with E-state index in [9.17, 15) is 18.0 Å². The monoisotopic (exact) mass is 396 g/mol. The zero-order chi connectivity index (χ0) is 19.9. The molecule has 1 fully saturated rings. The molecule has 1 saturated heterocycles. The number of nitrogens with zero attached hydrogens (tertiary/aromatic N) is 1. The van der Waals surface area contributed by atoms with Crippen LogP contribution in [0.4, 0.5) is 0 Å². The number of esters is 1. The first-order valence-electron chi connectivity index (χ1n) is 9.35. The average molecular weight is 397 g/mol. The number of likely N-dealkylation sites (tertiary alicyclic amines) is 1. The van der Waals surface area contributed by atoms with Crippen molar-refractivity contribution < 1.29 is 22.7 Å². The fraction of sp³-hybridized carbons (Fsp3) is 0.579. The summed E-state index contributed by atoms with van der Waals surface area (Å²) in [5, 5.41) is 0. The normalized spacial score (nSPS) is 17.6. The number of piperidine rings is 1. The largest absolute Gasteiger partial charge is 0.456 e. The van der Waals surface area contributed by atoms with E-state index in [1.54, 1.807) is 17.0 Å². The first-order valence-corrected chi connectivity index (χ1v) is 10.8. The van der Waals surface area contributed by atoms with Crippen LogP contribution in [0.15, 0.2) is 29.2 Å². The Balaban J connectivity index is 1.74. The molecule has 1 atom stereocenters. The molecule has 0 bridgehead atoms. The third kappa shape index (κ3) is 6.32. The molecule has 2 rings (SSSR count). The molecule has 0 aliphatic carbocycles. The topological polar surface area (TPSA) is 92.8 Å². The highest BCUT2D eigenvalue weighted by molar-refractivity contribution is 7.89. The van der Waals surface area contributed by atoms with E-state index in [0.717, 1.165) is 31.2 Å². The van der Waals surface area contributed by atoms with Crippen molar-refractivity contribution >= 4 is 21.9 Å². The minimum absolute atomic E-state index is 0.0788. The van der Waals surface area contributed by atoms with Crippen molar-refractivity contribution in [3.8, 4) is 0 Å². The zero-order valence-corrected chi connectivity index (χ0v) is 16.8. The Morgan fingerprint density at radius 3 is 2.59 bits per heavy atom. The molecule has 27 heavy (non-hydrogen) atoms. The maximum Gasteiger partial charge on any atom is 0.307 e. The molecule has 8 heteroatoms. The van der Waals surface area contributed by atoms with Crippen LogP contribution in [0.1, 0.15) is 44.6 Å². The van der Waals surface area contributed by atoms with Crippen LogP contribution in [0.3, 0.4) is 0 Å². The van der Waals surface area contributed by atoms with Gasteiger partial charge >= 0.3 is 5.97 Å². The summed E-state index contributed by atoms with van der Waals surface area (Å²) < 4.78 is 31.7. The Hall–Kier alpha value is -1.93. The third-order valence-corrected chi connectivity index (χ3v) is 6.20. The molecule has 1 N–H and O–H groups in total. The Morgan fingerprint density at radius 2 is 1.93 bits per heavy atom. The van der Waals surface area contributed by atoms with Gasteiger partial charge in [-0.1, -0.05) is 24.6 Å². The van der Waals surface area contributed by atoms with Crippen LogP contribution in [-0.2, 0) is 24.3 Å². The third-order valence-electron chi connectivity index (χ3n) is 4.73. The maximum atomic E-state index is 12.3. The summed E-state index contributed by atoms with van der Waals surface area (Å²) in [6.07, 6.45) is 3.83. The predicted molar refractivity (Wildman–Crippen MR) is 102 cm³/mol. The fourth-order valence-electron chi connectivity index (χ4n) is 3.14. The first-order chi connectivity index (χ1) is 12.8. The standard InChI is InChI=1S/C19H28N2O5S/c1-3-16-6-4-5-13-21(16)18(22)14-26-19(23)11-12-20-27(24,25)17-9-7-15(2)8-10-17/h7-10,16,20H,3-6,11-14H2,1-2H3/t16-/m0/s1.